The van der Waals surface area contributed by atoms with E-state index in [4.69, 9.17) is 4.74 Å². The number of rotatable bonds is 8. The molecule has 7 nitrogen and oxygen atoms in total. The quantitative estimate of drug-likeness (QED) is 0.628. The first-order valence-electron chi connectivity index (χ1n) is 8.84. The molecule has 8 heteroatoms. The van der Waals surface area contributed by atoms with Crippen LogP contribution in [0.5, 0.6) is 5.75 Å². The van der Waals surface area contributed by atoms with Crippen molar-refractivity contribution in [1.29, 1.82) is 0 Å². The topological polar surface area (TPSA) is 90.3 Å². The van der Waals surface area contributed by atoms with Gasteiger partial charge in [-0.05, 0) is 19.1 Å². The first kappa shape index (κ1) is 19.8. The van der Waals surface area contributed by atoms with Gasteiger partial charge in [0.15, 0.2) is 0 Å². The fourth-order valence-electron chi connectivity index (χ4n) is 2.69. The summed E-state index contributed by atoms with van der Waals surface area (Å²) in [7, 11) is -3.76. The summed E-state index contributed by atoms with van der Waals surface area (Å²) in [4.78, 5) is 16.7. The molecule has 0 aliphatic rings. The second kappa shape index (κ2) is 8.81. The van der Waals surface area contributed by atoms with Gasteiger partial charge < -0.3 is 4.74 Å². The van der Waals surface area contributed by atoms with E-state index >= 15 is 0 Å². The number of hydrogen-bond donors (Lipinski definition) is 1. The Balaban J connectivity index is 1.69. The lowest BCUT2D eigenvalue weighted by Crippen LogP contribution is -2.31. The van der Waals surface area contributed by atoms with Gasteiger partial charge >= 0.3 is 0 Å². The van der Waals surface area contributed by atoms with Gasteiger partial charge in [-0.1, -0.05) is 42.5 Å². The molecule has 0 aliphatic heterocycles. The Morgan fingerprint density at radius 1 is 1.07 bits per heavy atom. The molecule has 3 rings (SSSR count). The lowest BCUT2D eigenvalue weighted by molar-refractivity contribution is 0.331. The summed E-state index contributed by atoms with van der Waals surface area (Å²) in [6, 6.07) is 17.2. The van der Waals surface area contributed by atoms with E-state index in [-0.39, 0.29) is 23.5 Å². The van der Waals surface area contributed by atoms with Crippen LogP contribution in [0.3, 0.4) is 0 Å². The first-order chi connectivity index (χ1) is 13.5. The van der Waals surface area contributed by atoms with Crippen LogP contribution in [0.2, 0.25) is 0 Å². The fourth-order valence-corrected chi connectivity index (χ4v) is 3.85. The normalized spacial score (nSPS) is 11.3. The summed E-state index contributed by atoms with van der Waals surface area (Å²) >= 11 is 0. The lowest BCUT2D eigenvalue weighted by Gasteiger charge is -2.12. The van der Waals surface area contributed by atoms with E-state index in [0.29, 0.717) is 18.1 Å². The zero-order valence-electron chi connectivity index (χ0n) is 15.4. The number of benzene rings is 2. The lowest BCUT2D eigenvalue weighted by atomic mass is 10.1. The number of ether oxygens (including phenoxy) is 1. The van der Waals surface area contributed by atoms with E-state index < -0.39 is 10.0 Å². The summed E-state index contributed by atoms with van der Waals surface area (Å²) < 4.78 is 34.3. The summed E-state index contributed by atoms with van der Waals surface area (Å²) in [5, 5.41) is 0. The number of nitrogens with one attached hydrogen (secondary N) is 1. The molecule has 1 N–H and O–H groups in total. The van der Waals surface area contributed by atoms with Crippen LogP contribution in [0.15, 0.2) is 76.7 Å². The highest BCUT2D eigenvalue weighted by Crippen LogP contribution is 2.22. The van der Waals surface area contributed by atoms with Crippen LogP contribution in [-0.4, -0.2) is 31.1 Å². The third-order valence-corrected chi connectivity index (χ3v) is 5.53. The van der Waals surface area contributed by atoms with Crippen LogP contribution in [0.25, 0.3) is 11.3 Å². The molecule has 0 spiro atoms. The molecule has 0 atom stereocenters. The van der Waals surface area contributed by atoms with Gasteiger partial charge in [0, 0.05) is 24.7 Å². The number of nitrogens with zero attached hydrogens (tertiary/aromatic N) is 2. The van der Waals surface area contributed by atoms with Crippen molar-refractivity contribution in [1.82, 2.24) is 14.3 Å². The minimum atomic E-state index is -3.76. The highest BCUT2D eigenvalue weighted by Gasteiger charge is 2.18. The van der Waals surface area contributed by atoms with E-state index in [1.165, 1.54) is 23.0 Å². The molecule has 0 fully saturated rings. The Morgan fingerprint density at radius 2 is 1.79 bits per heavy atom. The predicted octanol–water partition coefficient (Wildman–Crippen LogP) is 2.29. The average molecular weight is 399 g/mol. The summed E-state index contributed by atoms with van der Waals surface area (Å²) in [5.74, 6) is 0.295. The van der Waals surface area contributed by atoms with Crippen molar-refractivity contribution in [2.75, 3.05) is 13.2 Å². The molecule has 0 saturated carbocycles. The highest BCUT2D eigenvalue weighted by molar-refractivity contribution is 7.89. The number of aromatic nitrogens is 2. The molecule has 0 unspecified atom stereocenters. The van der Waals surface area contributed by atoms with Gasteiger partial charge in [0.05, 0.1) is 18.6 Å². The Morgan fingerprint density at radius 3 is 2.50 bits per heavy atom. The second-order valence-corrected chi connectivity index (χ2v) is 7.68. The van der Waals surface area contributed by atoms with Crippen molar-refractivity contribution in [3.8, 4) is 17.0 Å². The van der Waals surface area contributed by atoms with Crippen molar-refractivity contribution in [2.24, 2.45) is 0 Å². The van der Waals surface area contributed by atoms with Gasteiger partial charge in [-0.2, -0.15) is 0 Å². The zero-order chi connectivity index (χ0) is 20.0. The molecule has 0 aliphatic carbocycles. The minimum Gasteiger partial charge on any atom is -0.492 e. The molecular formula is C20H21N3O4S. The average Bonchev–Trinajstić information content (AvgIpc) is 2.70. The van der Waals surface area contributed by atoms with Crippen molar-refractivity contribution in [2.45, 2.75) is 18.4 Å². The number of para-hydroxylation sites is 1. The maximum absolute atomic E-state index is 12.5. The van der Waals surface area contributed by atoms with Crippen molar-refractivity contribution >= 4 is 10.0 Å². The van der Waals surface area contributed by atoms with Crippen LogP contribution in [0.4, 0.5) is 0 Å². The SMILES string of the molecule is CCOc1ccccc1S(=O)(=O)NCCn1cnc(-c2ccccc2)cc1=O. The summed E-state index contributed by atoms with van der Waals surface area (Å²) in [5.41, 5.74) is 1.18. The zero-order valence-corrected chi connectivity index (χ0v) is 16.2. The maximum Gasteiger partial charge on any atom is 0.253 e. The van der Waals surface area contributed by atoms with E-state index in [9.17, 15) is 13.2 Å². The van der Waals surface area contributed by atoms with Gasteiger partial charge in [0.1, 0.15) is 10.6 Å². The molecule has 0 amide bonds. The van der Waals surface area contributed by atoms with Crippen molar-refractivity contribution in [3.63, 3.8) is 0 Å². The molecule has 0 saturated heterocycles. The van der Waals surface area contributed by atoms with Crippen molar-refractivity contribution < 1.29 is 13.2 Å². The maximum atomic E-state index is 12.5. The predicted molar refractivity (Wildman–Crippen MR) is 107 cm³/mol. The minimum absolute atomic E-state index is 0.0507. The third-order valence-electron chi connectivity index (χ3n) is 4.03. The molecular weight excluding hydrogens is 378 g/mol. The molecule has 28 heavy (non-hydrogen) atoms. The standard InChI is InChI=1S/C20H21N3O4S/c1-2-27-18-10-6-7-11-19(18)28(25,26)22-12-13-23-15-21-17(14-20(23)24)16-8-4-3-5-9-16/h3-11,14-15,22H,2,12-13H2,1H3. The van der Waals surface area contributed by atoms with E-state index in [1.54, 1.807) is 25.1 Å². The van der Waals surface area contributed by atoms with Gasteiger partial charge in [-0.15, -0.1) is 0 Å². The van der Waals surface area contributed by atoms with Gasteiger partial charge in [0.2, 0.25) is 10.0 Å². The van der Waals surface area contributed by atoms with Crippen LogP contribution in [-0.2, 0) is 16.6 Å². The summed E-state index contributed by atoms with van der Waals surface area (Å²) in [6.07, 6.45) is 1.42. The van der Waals surface area contributed by atoms with Crippen LogP contribution < -0.4 is 15.0 Å². The largest absolute Gasteiger partial charge is 0.492 e. The van der Waals surface area contributed by atoms with Gasteiger partial charge in [-0.3, -0.25) is 9.36 Å². The fraction of sp³-hybridized carbons (Fsp3) is 0.200. The Hall–Kier alpha value is -2.97. The molecule has 1 aromatic heterocycles. The molecule has 1 heterocycles. The van der Waals surface area contributed by atoms with Gasteiger partial charge in [0.25, 0.3) is 5.56 Å². The third kappa shape index (κ3) is 4.65. The molecule has 0 radical (unpaired) electrons. The van der Waals surface area contributed by atoms with Crippen LogP contribution >= 0.6 is 0 Å². The van der Waals surface area contributed by atoms with Crippen molar-refractivity contribution in [3.05, 3.63) is 77.3 Å². The van der Waals surface area contributed by atoms with Gasteiger partial charge in [-0.25, -0.2) is 18.1 Å². The first-order valence-corrected chi connectivity index (χ1v) is 10.3. The van der Waals surface area contributed by atoms with E-state index in [2.05, 4.69) is 9.71 Å². The smallest absolute Gasteiger partial charge is 0.253 e. The molecule has 146 valence electrons. The second-order valence-electron chi connectivity index (χ2n) is 5.95. The van der Waals surface area contributed by atoms with Crippen LogP contribution in [0, 0.1) is 0 Å². The highest BCUT2D eigenvalue weighted by atomic mass is 32.2. The van der Waals surface area contributed by atoms with E-state index in [0.717, 1.165) is 5.56 Å². The monoisotopic (exact) mass is 399 g/mol. The molecule has 2 aromatic carbocycles. The Bertz CT molecular complexity index is 1100. The summed E-state index contributed by atoms with van der Waals surface area (Å²) in [6.45, 7) is 2.36. The van der Waals surface area contributed by atoms with Crippen LogP contribution in [0.1, 0.15) is 6.92 Å². The Labute approximate surface area is 163 Å². The number of sulfonamides is 1. The van der Waals surface area contributed by atoms with E-state index in [1.807, 2.05) is 30.3 Å². The molecule has 0 bridgehead atoms. The number of hydrogen-bond acceptors (Lipinski definition) is 5. The molecule has 3 aromatic rings. The Kier molecular flexibility index (Phi) is 6.23.